The lowest BCUT2D eigenvalue weighted by molar-refractivity contribution is 0.338. The third kappa shape index (κ3) is 3.48. The third-order valence-electron chi connectivity index (χ3n) is 4.21. The van der Waals surface area contributed by atoms with Gasteiger partial charge in [0.25, 0.3) is 0 Å². The molecular weight excluding hydrogens is 312 g/mol. The number of hydrogen-bond acceptors (Lipinski definition) is 4. The van der Waals surface area contributed by atoms with Gasteiger partial charge in [-0.15, -0.1) is 0 Å². The van der Waals surface area contributed by atoms with Gasteiger partial charge in [-0.3, -0.25) is 0 Å². The van der Waals surface area contributed by atoms with Gasteiger partial charge in [0.2, 0.25) is 10.0 Å². The van der Waals surface area contributed by atoms with E-state index in [9.17, 15) is 8.42 Å². The van der Waals surface area contributed by atoms with Gasteiger partial charge in [0, 0.05) is 18.5 Å². The number of benzene rings is 1. The Balaban J connectivity index is 1.82. The maximum absolute atomic E-state index is 12.8. The van der Waals surface area contributed by atoms with Gasteiger partial charge < -0.3 is 4.52 Å². The van der Waals surface area contributed by atoms with Crippen molar-refractivity contribution in [2.24, 2.45) is 0 Å². The van der Waals surface area contributed by atoms with Crippen molar-refractivity contribution >= 4 is 10.0 Å². The van der Waals surface area contributed by atoms with Crippen LogP contribution in [-0.4, -0.2) is 24.4 Å². The molecule has 1 saturated heterocycles. The molecule has 0 saturated carbocycles. The summed E-state index contributed by atoms with van der Waals surface area (Å²) in [5.74, 6) is 1.07. The first-order valence-electron chi connectivity index (χ1n) is 7.97. The van der Waals surface area contributed by atoms with Crippen molar-refractivity contribution < 1.29 is 12.9 Å². The molecule has 0 spiro atoms. The summed E-state index contributed by atoms with van der Waals surface area (Å²) >= 11 is 0. The van der Waals surface area contributed by atoms with Crippen LogP contribution in [0.5, 0.6) is 0 Å². The average Bonchev–Trinajstić information content (AvgIpc) is 3.17. The lowest BCUT2D eigenvalue weighted by Gasteiger charge is -2.22. The van der Waals surface area contributed by atoms with E-state index in [0.29, 0.717) is 6.54 Å². The summed E-state index contributed by atoms with van der Waals surface area (Å²) < 4.78 is 32.5. The standard InChI is InChI=1S/C17H22N2O3S/c1-13(2)17-11-15(18-22-17)16-9-6-10-19(16)23(20,21)12-14-7-4-3-5-8-14/h3-5,7-8,11,13,16H,6,9-10,12H2,1-2H3/t16-/m0/s1. The summed E-state index contributed by atoms with van der Waals surface area (Å²) in [5, 5.41) is 4.11. The predicted molar refractivity (Wildman–Crippen MR) is 88.3 cm³/mol. The zero-order valence-electron chi connectivity index (χ0n) is 13.5. The Morgan fingerprint density at radius 1 is 1.30 bits per heavy atom. The highest BCUT2D eigenvalue weighted by Crippen LogP contribution is 2.35. The molecule has 6 heteroatoms. The van der Waals surface area contributed by atoms with Crippen molar-refractivity contribution in [2.45, 2.75) is 44.4 Å². The lowest BCUT2D eigenvalue weighted by Crippen LogP contribution is -2.31. The van der Waals surface area contributed by atoms with E-state index >= 15 is 0 Å². The molecule has 0 aliphatic carbocycles. The van der Waals surface area contributed by atoms with Crippen LogP contribution in [0, 0.1) is 0 Å². The van der Waals surface area contributed by atoms with Gasteiger partial charge >= 0.3 is 0 Å². The number of aromatic nitrogens is 1. The Morgan fingerprint density at radius 2 is 2.04 bits per heavy atom. The van der Waals surface area contributed by atoms with E-state index < -0.39 is 10.0 Å². The van der Waals surface area contributed by atoms with Crippen molar-refractivity contribution in [3.8, 4) is 0 Å². The Labute approximate surface area is 137 Å². The van der Waals surface area contributed by atoms with E-state index in [1.165, 1.54) is 0 Å². The van der Waals surface area contributed by atoms with Crippen molar-refractivity contribution in [1.29, 1.82) is 0 Å². The number of hydrogen-bond donors (Lipinski definition) is 0. The zero-order valence-corrected chi connectivity index (χ0v) is 14.3. The molecule has 1 aliphatic heterocycles. The van der Waals surface area contributed by atoms with E-state index in [-0.39, 0.29) is 17.7 Å². The molecule has 3 rings (SSSR count). The van der Waals surface area contributed by atoms with Crippen LogP contribution in [0.1, 0.15) is 55.7 Å². The summed E-state index contributed by atoms with van der Waals surface area (Å²) in [4.78, 5) is 0. The van der Waals surface area contributed by atoms with Crippen LogP contribution in [0.2, 0.25) is 0 Å². The first-order chi connectivity index (χ1) is 11.0. The van der Waals surface area contributed by atoms with Crippen LogP contribution in [-0.2, 0) is 15.8 Å². The van der Waals surface area contributed by atoms with Gasteiger partial charge in [0.1, 0.15) is 11.5 Å². The van der Waals surface area contributed by atoms with Crippen molar-refractivity contribution in [2.75, 3.05) is 6.54 Å². The Bertz CT molecular complexity index is 753. The van der Waals surface area contributed by atoms with Crippen LogP contribution in [0.15, 0.2) is 40.9 Å². The molecule has 0 bridgehead atoms. The first kappa shape index (κ1) is 16.2. The quantitative estimate of drug-likeness (QED) is 0.840. The maximum atomic E-state index is 12.8. The van der Waals surface area contributed by atoms with E-state index in [4.69, 9.17) is 4.52 Å². The Kier molecular flexibility index (Phi) is 4.55. The van der Waals surface area contributed by atoms with Crippen molar-refractivity contribution in [3.05, 3.63) is 53.4 Å². The Hall–Kier alpha value is -1.66. The minimum Gasteiger partial charge on any atom is -0.361 e. The van der Waals surface area contributed by atoms with Gasteiger partial charge in [-0.05, 0) is 18.4 Å². The van der Waals surface area contributed by atoms with Gasteiger partial charge in [-0.2, -0.15) is 4.31 Å². The molecule has 2 heterocycles. The largest absolute Gasteiger partial charge is 0.361 e. The highest BCUT2D eigenvalue weighted by molar-refractivity contribution is 7.88. The molecule has 1 aromatic carbocycles. The molecule has 1 aliphatic rings. The summed E-state index contributed by atoms with van der Waals surface area (Å²) in [6.45, 7) is 4.61. The van der Waals surface area contributed by atoms with Gasteiger partial charge in [-0.25, -0.2) is 8.42 Å². The van der Waals surface area contributed by atoms with E-state index in [2.05, 4.69) is 5.16 Å². The highest BCUT2D eigenvalue weighted by atomic mass is 32.2. The maximum Gasteiger partial charge on any atom is 0.218 e. The fraction of sp³-hybridized carbons (Fsp3) is 0.471. The van der Waals surface area contributed by atoms with E-state index in [0.717, 1.165) is 29.9 Å². The number of rotatable bonds is 5. The number of sulfonamides is 1. The summed E-state index contributed by atoms with van der Waals surface area (Å²) in [5.41, 5.74) is 1.53. The topological polar surface area (TPSA) is 63.4 Å². The SMILES string of the molecule is CC(C)c1cc([C@@H]2CCCN2S(=O)(=O)Cc2ccccc2)no1. The molecule has 0 unspecified atom stereocenters. The zero-order chi connectivity index (χ0) is 16.4. The molecule has 1 aromatic heterocycles. The van der Waals surface area contributed by atoms with Crippen LogP contribution in [0.25, 0.3) is 0 Å². The molecule has 0 radical (unpaired) electrons. The monoisotopic (exact) mass is 334 g/mol. The molecule has 124 valence electrons. The molecular formula is C17H22N2O3S. The third-order valence-corrected chi connectivity index (χ3v) is 6.06. The summed E-state index contributed by atoms with van der Waals surface area (Å²) in [6, 6.07) is 11.0. The minimum absolute atomic E-state index is 0.0270. The molecule has 0 amide bonds. The molecule has 2 aromatic rings. The normalized spacial score (nSPS) is 19.5. The molecule has 1 atom stereocenters. The summed E-state index contributed by atoms with van der Waals surface area (Å²) in [6.07, 6.45) is 1.64. The predicted octanol–water partition coefficient (Wildman–Crippen LogP) is 3.46. The van der Waals surface area contributed by atoms with Gasteiger partial charge in [-0.1, -0.05) is 49.3 Å². The molecule has 1 fully saturated rings. The Morgan fingerprint density at radius 3 is 2.70 bits per heavy atom. The van der Waals surface area contributed by atoms with Crippen LogP contribution in [0.3, 0.4) is 0 Å². The summed E-state index contributed by atoms with van der Waals surface area (Å²) in [7, 11) is -3.37. The fourth-order valence-electron chi connectivity index (χ4n) is 2.97. The second-order valence-corrected chi connectivity index (χ2v) is 8.24. The van der Waals surface area contributed by atoms with Crippen LogP contribution >= 0.6 is 0 Å². The van der Waals surface area contributed by atoms with E-state index in [1.807, 2.05) is 50.2 Å². The minimum atomic E-state index is -3.37. The second kappa shape index (κ2) is 6.45. The average molecular weight is 334 g/mol. The molecule has 0 N–H and O–H groups in total. The highest BCUT2D eigenvalue weighted by Gasteiger charge is 2.37. The van der Waals surface area contributed by atoms with Crippen molar-refractivity contribution in [3.63, 3.8) is 0 Å². The van der Waals surface area contributed by atoms with E-state index in [1.54, 1.807) is 4.31 Å². The molecule has 5 nitrogen and oxygen atoms in total. The number of nitrogens with zero attached hydrogens (tertiary/aromatic N) is 2. The second-order valence-electron chi connectivity index (χ2n) is 6.32. The van der Waals surface area contributed by atoms with Gasteiger partial charge in [0.05, 0.1) is 11.8 Å². The first-order valence-corrected chi connectivity index (χ1v) is 9.58. The molecule has 23 heavy (non-hydrogen) atoms. The van der Waals surface area contributed by atoms with Crippen molar-refractivity contribution in [1.82, 2.24) is 9.46 Å². The fourth-order valence-corrected chi connectivity index (χ4v) is 4.76. The van der Waals surface area contributed by atoms with Crippen LogP contribution in [0.4, 0.5) is 0 Å². The smallest absolute Gasteiger partial charge is 0.218 e. The van der Waals surface area contributed by atoms with Crippen LogP contribution < -0.4 is 0 Å². The van der Waals surface area contributed by atoms with Gasteiger partial charge in [0.15, 0.2) is 0 Å². The lowest BCUT2D eigenvalue weighted by atomic mass is 10.1.